The van der Waals surface area contributed by atoms with E-state index in [1.807, 2.05) is 91.0 Å². The van der Waals surface area contributed by atoms with Crippen molar-refractivity contribution in [1.82, 2.24) is 0 Å². The molecule has 1 aliphatic rings. The van der Waals surface area contributed by atoms with E-state index in [0.29, 0.717) is 11.4 Å². The molecule has 1 aliphatic carbocycles. The quantitative estimate of drug-likeness (QED) is 0.160. The summed E-state index contributed by atoms with van der Waals surface area (Å²) in [5.74, 6) is 0. The summed E-state index contributed by atoms with van der Waals surface area (Å²) < 4.78 is 80.5. The van der Waals surface area contributed by atoms with Crippen molar-refractivity contribution in [2.75, 3.05) is 4.90 Å². The predicted molar refractivity (Wildman–Crippen MR) is 227 cm³/mol. The predicted octanol–water partition coefficient (Wildman–Crippen LogP) is 14.0. The molecule has 0 spiro atoms. The highest BCUT2D eigenvalue weighted by molar-refractivity contribution is 5.98. The molecule has 1 nitrogen and oxygen atoms in total. The lowest BCUT2D eigenvalue weighted by atomic mass is 9.67. The van der Waals surface area contributed by atoms with Gasteiger partial charge in [-0.05, 0) is 103 Å². The molecule has 0 radical (unpaired) electrons. The highest BCUT2D eigenvalue weighted by atomic mass is 15.1. The average Bonchev–Trinajstić information content (AvgIpc) is 3.62. The molecule has 0 bridgehead atoms. The molecular formula is C53H37N. The van der Waals surface area contributed by atoms with Gasteiger partial charge < -0.3 is 4.90 Å². The maximum atomic E-state index is 9.69. The Hall–Kier alpha value is -6.96. The van der Waals surface area contributed by atoms with E-state index in [0.717, 1.165) is 55.3 Å². The SMILES string of the molecule is [2H]c1c([2H])c([2H])c(-c2c([2H])c([2H])c(N(c3cccc(-c4cccc5ccccc45)c3)c3ccc4c(c3)C(c3ccccc3)(c3ccccc3)c3ccccc3-4)c([2H])c2[2H])c([2H])c1[2H]. The minimum atomic E-state index is -0.777. The van der Waals surface area contributed by atoms with E-state index in [9.17, 15) is 5.48 Å². The van der Waals surface area contributed by atoms with Gasteiger partial charge in [0.15, 0.2) is 0 Å². The van der Waals surface area contributed by atoms with Crippen LogP contribution >= 0.6 is 0 Å². The summed E-state index contributed by atoms with van der Waals surface area (Å²) in [6.45, 7) is 0. The molecule has 1 heteroatoms. The third-order valence-corrected chi connectivity index (χ3v) is 10.5. The number of benzene rings is 9. The van der Waals surface area contributed by atoms with Crippen molar-refractivity contribution in [1.29, 1.82) is 0 Å². The molecule has 9 aromatic rings. The Morgan fingerprint density at radius 3 is 1.74 bits per heavy atom. The Morgan fingerprint density at radius 1 is 0.370 bits per heavy atom. The molecule has 0 N–H and O–H groups in total. The first-order chi connectivity index (χ1) is 30.5. The first-order valence-corrected chi connectivity index (χ1v) is 18.0. The van der Waals surface area contributed by atoms with Crippen molar-refractivity contribution in [2.45, 2.75) is 5.41 Å². The number of hydrogen-bond donors (Lipinski definition) is 0. The molecular weight excluding hydrogens is 651 g/mol. The van der Waals surface area contributed by atoms with Gasteiger partial charge >= 0.3 is 0 Å². The van der Waals surface area contributed by atoms with Gasteiger partial charge in [0.2, 0.25) is 0 Å². The molecule has 0 aliphatic heterocycles. The normalized spacial score (nSPS) is 14.9. The molecule has 54 heavy (non-hydrogen) atoms. The highest BCUT2D eigenvalue weighted by Crippen LogP contribution is 2.57. The average molecular weight is 697 g/mol. The molecule has 9 aromatic carbocycles. The molecule has 0 fully saturated rings. The second kappa shape index (κ2) is 13.2. The molecule has 0 aromatic heterocycles. The highest BCUT2D eigenvalue weighted by Gasteiger charge is 2.46. The van der Waals surface area contributed by atoms with Crippen LogP contribution in [0.5, 0.6) is 0 Å². The van der Waals surface area contributed by atoms with Crippen LogP contribution in [0.1, 0.15) is 34.6 Å². The molecule has 10 rings (SSSR count). The van der Waals surface area contributed by atoms with E-state index in [-0.39, 0.29) is 16.8 Å². The Morgan fingerprint density at radius 2 is 0.963 bits per heavy atom. The maximum absolute atomic E-state index is 9.69. The van der Waals surface area contributed by atoms with Crippen LogP contribution in [0.2, 0.25) is 0 Å². The van der Waals surface area contributed by atoms with E-state index < -0.39 is 59.8 Å². The van der Waals surface area contributed by atoms with E-state index in [1.165, 1.54) is 0 Å². The van der Waals surface area contributed by atoms with Crippen LogP contribution in [-0.2, 0) is 5.41 Å². The van der Waals surface area contributed by atoms with Gasteiger partial charge in [0.25, 0.3) is 0 Å². The summed E-state index contributed by atoms with van der Waals surface area (Å²) in [7, 11) is 0. The Kier molecular flexibility index (Phi) is 5.77. The summed E-state index contributed by atoms with van der Waals surface area (Å²) in [5.41, 5.74) is 7.66. The minimum absolute atomic E-state index is 0.0586. The lowest BCUT2D eigenvalue weighted by Gasteiger charge is -2.35. The zero-order valence-corrected chi connectivity index (χ0v) is 29.1. The van der Waals surface area contributed by atoms with E-state index in [1.54, 1.807) is 4.90 Å². The fourth-order valence-corrected chi connectivity index (χ4v) is 8.19. The van der Waals surface area contributed by atoms with Gasteiger partial charge in [-0.3, -0.25) is 0 Å². The van der Waals surface area contributed by atoms with Crippen LogP contribution in [0.15, 0.2) is 224 Å². The Labute approximate surface area is 329 Å². The van der Waals surface area contributed by atoms with Crippen LogP contribution in [0.3, 0.4) is 0 Å². The van der Waals surface area contributed by atoms with Crippen molar-refractivity contribution >= 4 is 27.8 Å². The summed E-state index contributed by atoms with van der Waals surface area (Å²) in [5, 5.41) is 2.11. The van der Waals surface area contributed by atoms with Gasteiger partial charge in [-0.1, -0.05) is 188 Å². The van der Waals surface area contributed by atoms with Gasteiger partial charge in [-0.2, -0.15) is 0 Å². The smallest absolute Gasteiger partial charge is 0.0714 e. The number of rotatable bonds is 7. The molecule has 0 unspecified atom stereocenters. The summed E-state index contributed by atoms with van der Waals surface area (Å²) >= 11 is 0. The molecule has 0 atom stereocenters. The van der Waals surface area contributed by atoms with Crippen molar-refractivity contribution in [3.63, 3.8) is 0 Å². The van der Waals surface area contributed by atoms with Crippen molar-refractivity contribution < 1.29 is 12.3 Å². The zero-order valence-electron chi connectivity index (χ0n) is 38.1. The summed E-state index contributed by atoms with van der Waals surface area (Å²) in [4.78, 5) is 1.76. The molecule has 0 saturated heterocycles. The monoisotopic (exact) mass is 696 g/mol. The fraction of sp³-hybridized carbons (Fsp3) is 0.0189. The second-order valence-electron chi connectivity index (χ2n) is 13.4. The van der Waals surface area contributed by atoms with Gasteiger partial charge in [-0.25, -0.2) is 0 Å². The summed E-state index contributed by atoms with van der Waals surface area (Å²) in [6, 6.07) is 52.2. The van der Waals surface area contributed by atoms with Crippen LogP contribution < -0.4 is 4.90 Å². The minimum Gasteiger partial charge on any atom is -0.310 e. The van der Waals surface area contributed by atoms with Crippen LogP contribution in [0.4, 0.5) is 17.1 Å². The van der Waals surface area contributed by atoms with Crippen molar-refractivity contribution in [3.05, 3.63) is 246 Å². The third kappa shape index (κ3) is 5.17. The van der Waals surface area contributed by atoms with Crippen LogP contribution in [-0.4, -0.2) is 0 Å². The van der Waals surface area contributed by atoms with Gasteiger partial charge in [0.1, 0.15) is 0 Å². The fourth-order valence-electron chi connectivity index (χ4n) is 8.19. The molecule has 0 saturated carbocycles. The topological polar surface area (TPSA) is 3.24 Å². The largest absolute Gasteiger partial charge is 0.310 e. The molecule has 254 valence electrons. The zero-order chi connectivity index (χ0) is 43.7. The maximum Gasteiger partial charge on any atom is 0.0714 e. The molecule has 0 heterocycles. The number of hydrogen-bond acceptors (Lipinski definition) is 1. The number of anilines is 3. The molecule has 0 amide bonds. The summed E-state index contributed by atoms with van der Waals surface area (Å²) in [6.07, 6.45) is 0. The van der Waals surface area contributed by atoms with Crippen LogP contribution in [0.25, 0.3) is 44.2 Å². The lowest BCUT2D eigenvalue weighted by molar-refractivity contribution is 0.768. The standard InChI is InChI=1S/C53H37N/c1-4-16-38(17-5-1)39-30-32-44(33-31-39)54(45-25-14-20-41(36-45)48-28-15-19-40-18-10-11-26-47(40)48)46-34-35-50-49-27-12-13-29-51(49)53(52(50)37-46,42-21-6-2-7-22-42)43-23-8-3-9-24-43/h1-37H/i1D,4D,5D,16D,17D,30D,31D,32D,33D. The lowest BCUT2D eigenvalue weighted by Crippen LogP contribution is -2.28. The van der Waals surface area contributed by atoms with Crippen LogP contribution in [0, 0.1) is 0 Å². The first kappa shape index (κ1) is 23.6. The van der Waals surface area contributed by atoms with E-state index in [4.69, 9.17) is 6.85 Å². The third-order valence-electron chi connectivity index (χ3n) is 10.5. The van der Waals surface area contributed by atoms with Gasteiger partial charge in [0, 0.05) is 17.1 Å². The second-order valence-corrected chi connectivity index (χ2v) is 13.4. The van der Waals surface area contributed by atoms with E-state index in [2.05, 4.69) is 78.9 Å². The van der Waals surface area contributed by atoms with Crippen molar-refractivity contribution in [3.8, 4) is 33.4 Å². The Bertz CT molecular complexity index is 3190. The number of nitrogens with zero attached hydrogens (tertiary/aromatic N) is 1. The van der Waals surface area contributed by atoms with E-state index >= 15 is 0 Å². The first-order valence-electron chi connectivity index (χ1n) is 22.5. The van der Waals surface area contributed by atoms with Crippen molar-refractivity contribution in [2.24, 2.45) is 0 Å². The number of fused-ring (bicyclic) bond motifs is 4. The van der Waals surface area contributed by atoms with Gasteiger partial charge in [0.05, 0.1) is 17.8 Å². The Balaban J connectivity index is 1.28. The van der Waals surface area contributed by atoms with Gasteiger partial charge in [-0.15, -0.1) is 0 Å².